The summed E-state index contributed by atoms with van der Waals surface area (Å²) in [7, 11) is 0. The molecule has 3 aliphatic rings. The Kier molecular flexibility index (Phi) is 8.09. The topological polar surface area (TPSA) is 96.0 Å². The second kappa shape index (κ2) is 10.9. The Hall–Kier alpha value is -2.39. The number of ketones is 1. The number of Topliss-reactive ketones (excluding diaryl/α,β-unsaturated/α-hetero) is 1. The van der Waals surface area contributed by atoms with Crippen LogP contribution in [0.5, 0.6) is 0 Å². The first-order chi connectivity index (χ1) is 17.1. The molecule has 0 radical (unpaired) electrons. The van der Waals surface area contributed by atoms with E-state index >= 15 is 0 Å². The second-order valence-corrected chi connectivity index (χ2v) is 12.1. The molecule has 2 saturated heterocycles. The Morgan fingerprint density at radius 3 is 2.47 bits per heavy atom. The maximum absolute atomic E-state index is 13.8. The summed E-state index contributed by atoms with van der Waals surface area (Å²) < 4.78 is 6.22. The number of rotatable bonds is 6. The molecule has 2 atom stereocenters. The van der Waals surface area contributed by atoms with Gasteiger partial charge in [0.15, 0.2) is 0 Å². The highest BCUT2D eigenvalue weighted by Gasteiger charge is 2.50. The van der Waals surface area contributed by atoms with Crippen LogP contribution in [0.25, 0.3) is 0 Å². The molecule has 1 spiro atoms. The Morgan fingerprint density at radius 1 is 1.11 bits per heavy atom. The molecule has 3 amide bonds. The molecule has 2 aliphatic heterocycles. The van der Waals surface area contributed by atoms with E-state index in [-0.39, 0.29) is 30.3 Å². The number of morpholine rings is 1. The summed E-state index contributed by atoms with van der Waals surface area (Å²) in [6.07, 6.45) is 4.70. The fourth-order valence-corrected chi connectivity index (χ4v) is 6.42. The minimum Gasteiger partial charge on any atom is -0.363 e. The number of benzene rings is 1. The van der Waals surface area contributed by atoms with Crippen LogP contribution in [0, 0.1) is 0 Å². The molecule has 0 aromatic heterocycles. The first kappa shape index (κ1) is 26.7. The smallest absolute Gasteiger partial charge is 0.293 e. The van der Waals surface area contributed by atoms with Gasteiger partial charge in [-0.15, -0.1) is 11.8 Å². The maximum Gasteiger partial charge on any atom is 0.293 e. The van der Waals surface area contributed by atoms with Gasteiger partial charge in [-0.3, -0.25) is 19.2 Å². The number of hydrogen-bond donors (Lipinski definition) is 1. The van der Waals surface area contributed by atoms with Crippen LogP contribution in [0.15, 0.2) is 30.3 Å². The summed E-state index contributed by atoms with van der Waals surface area (Å²) in [6.45, 7) is 5.67. The van der Waals surface area contributed by atoms with Gasteiger partial charge in [0.05, 0.1) is 25.1 Å². The Bertz CT molecular complexity index is 987. The monoisotopic (exact) mass is 515 g/mol. The number of hydrogen-bond acceptors (Lipinski definition) is 6. The van der Waals surface area contributed by atoms with Crippen LogP contribution < -0.4 is 5.32 Å². The van der Waals surface area contributed by atoms with Gasteiger partial charge in [0.1, 0.15) is 11.6 Å². The normalized spacial score (nSPS) is 24.1. The second-order valence-electron chi connectivity index (χ2n) is 11.1. The molecule has 3 fully saturated rings. The summed E-state index contributed by atoms with van der Waals surface area (Å²) in [5.74, 6) is -1.10. The van der Waals surface area contributed by atoms with Crippen LogP contribution in [-0.4, -0.2) is 81.3 Å². The maximum atomic E-state index is 13.8. The molecule has 1 aliphatic carbocycles. The molecule has 8 nitrogen and oxygen atoms in total. The predicted molar refractivity (Wildman–Crippen MR) is 138 cm³/mol. The van der Waals surface area contributed by atoms with Crippen molar-refractivity contribution in [2.24, 2.45) is 0 Å². The van der Waals surface area contributed by atoms with Crippen LogP contribution in [0.4, 0.5) is 0 Å². The van der Waals surface area contributed by atoms with E-state index in [0.717, 1.165) is 24.8 Å². The third-order valence-electron chi connectivity index (χ3n) is 7.12. The Labute approximate surface area is 217 Å². The van der Waals surface area contributed by atoms with Crippen molar-refractivity contribution < 1.29 is 23.9 Å². The molecule has 36 heavy (non-hydrogen) atoms. The summed E-state index contributed by atoms with van der Waals surface area (Å²) in [5, 5.41) is 2.91. The summed E-state index contributed by atoms with van der Waals surface area (Å²) >= 11 is 1.45. The molecule has 1 aromatic carbocycles. The van der Waals surface area contributed by atoms with Crippen molar-refractivity contribution in [1.82, 2.24) is 15.1 Å². The van der Waals surface area contributed by atoms with Gasteiger partial charge < -0.3 is 19.9 Å². The molecule has 1 aromatic rings. The lowest BCUT2D eigenvalue weighted by Gasteiger charge is -2.47. The largest absolute Gasteiger partial charge is 0.363 e. The van der Waals surface area contributed by atoms with Gasteiger partial charge >= 0.3 is 0 Å². The third-order valence-corrected chi connectivity index (χ3v) is 8.13. The Morgan fingerprint density at radius 2 is 1.81 bits per heavy atom. The van der Waals surface area contributed by atoms with E-state index in [1.165, 1.54) is 16.7 Å². The average molecular weight is 516 g/mol. The minimum absolute atomic E-state index is 0.187. The Balaban J connectivity index is 1.51. The van der Waals surface area contributed by atoms with Gasteiger partial charge in [0.25, 0.3) is 11.8 Å². The molecule has 1 saturated carbocycles. The van der Waals surface area contributed by atoms with E-state index in [0.29, 0.717) is 31.6 Å². The molecule has 1 unspecified atom stereocenters. The molecular formula is C27H37N3O5S. The third kappa shape index (κ3) is 5.94. The zero-order valence-electron chi connectivity index (χ0n) is 21.5. The lowest BCUT2D eigenvalue weighted by molar-refractivity contribution is -0.186. The standard InChI is InChI=1S/C27H37N3O5S/c1-26(2,3)28-23(32)21-17-36-18-30(21)24(33)22(31)15-29-20(14-19-10-6-4-7-11-19)16-35-27(25(29)34)12-8-5-9-13-27/h4,6-7,10-11,20-21H,5,8-9,12-18H2,1-3H3,(H,28,32)/t20-,21?/m0/s1. The van der Waals surface area contributed by atoms with Crippen LogP contribution in [0.1, 0.15) is 58.4 Å². The number of carbonyl (C=O) groups excluding carboxylic acids is 4. The molecule has 9 heteroatoms. The van der Waals surface area contributed by atoms with E-state index in [9.17, 15) is 19.2 Å². The summed E-state index contributed by atoms with van der Waals surface area (Å²) in [5.41, 5.74) is -0.299. The highest BCUT2D eigenvalue weighted by molar-refractivity contribution is 7.99. The van der Waals surface area contributed by atoms with Gasteiger partial charge in [-0.2, -0.15) is 0 Å². The number of amides is 3. The van der Waals surface area contributed by atoms with E-state index in [1.54, 1.807) is 4.90 Å². The van der Waals surface area contributed by atoms with Gasteiger partial charge in [-0.05, 0) is 45.6 Å². The van der Waals surface area contributed by atoms with E-state index in [4.69, 9.17) is 4.74 Å². The zero-order chi connectivity index (χ0) is 25.9. The lowest BCUT2D eigenvalue weighted by Crippen LogP contribution is -2.63. The quantitative estimate of drug-likeness (QED) is 0.585. The van der Waals surface area contributed by atoms with Crippen LogP contribution in [0.3, 0.4) is 0 Å². The van der Waals surface area contributed by atoms with Crippen LogP contribution >= 0.6 is 11.8 Å². The number of nitrogens with zero attached hydrogens (tertiary/aromatic N) is 2. The first-order valence-electron chi connectivity index (χ1n) is 12.8. The number of thioether (sulfide) groups is 1. The van der Waals surface area contributed by atoms with E-state index in [2.05, 4.69) is 5.32 Å². The number of ether oxygens (including phenoxy) is 1. The molecule has 1 N–H and O–H groups in total. The fraction of sp³-hybridized carbons (Fsp3) is 0.630. The molecule has 4 rings (SSSR count). The zero-order valence-corrected chi connectivity index (χ0v) is 22.3. The molecular weight excluding hydrogens is 478 g/mol. The van der Waals surface area contributed by atoms with Crippen molar-refractivity contribution in [2.45, 2.75) is 82.5 Å². The summed E-state index contributed by atoms with van der Waals surface area (Å²) in [4.78, 5) is 56.0. The van der Waals surface area contributed by atoms with Crippen molar-refractivity contribution >= 4 is 35.3 Å². The minimum atomic E-state index is -0.895. The van der Waals surface area contributed by atoms with Crippen molar-refractivity contribution in [3.63, 3.8) is 0 Å². The SMILES string of the molecule is CC(C)(C)NC(=O)C1CSCN1C(=O)C(=O)CN1C(=O)C2(CCCCC2)OC[C@@H]1Cc1ccccc1. The van der Waals surface area contributed by atoms with Crippen molar-refractivity contribution in [1.29, 1.82) is 0 Å². The lowest BCUT2D eigenvalue weighted by atomic mass is 9.81. The number of nitrogens with one attached hydrogen (secondary N) is 1. The van der Waals surface area contributed by atoms with E-state index in [1.807, 2.05) is 51.1 Å². The van der Waals surface area contributed by atoms with Crippen molar-refractivity contribution in [3.8, 4) is 0 Å². The highest BCUT2D eigenvalue weighted by Crippen LogP contribution is 2.37. The first-order valence-corrected chi connectivity index (χ1v) is 14.0. The van der Waals surface area contributed by atoms with Gasteiger partial charge in [0, 0.05) is 11.3 Å². The molecule has 2 heterocycles. The van der Waals surface area contributed by atoms with Crippen LogP contribution in [-0.2, 0) is 30.3 Å². The predicted octanol–water partition coefficient (Wildman–Crippen LogP) is 2.54. The number of carbonyl (C=O) groups is 4. The van der Waals surface area contributed by atoms with Crippen LogP contribution in [0.2, 0.25) is 0 Å². The van der Waals surface area contributed by atoms with Gasteiger partial charge in [-0.1, -0.05) is 49.6 Å². The molecule has 196 valence electrons. The van der Waals surface area contributed by atoms with Crippen molar-refractivity contribution in [3.05, 3.63) is 35.9 Å². The highest BCUT2D eigenvalue weighted by atomic mass is 32.2. The average Bonchev–Trinajstić information content (AvgIpc) is 3.34. The van der Waals surface area contributed by atoms with Gasteiger partial charge in [0.2, 0.25) is 11.7 Å². The van der Waals surface area contributed by atoms with E-state index < -0.39 is 28.9 Å². The fourth-order valence-electron chi connectivity index (χ4n) is 5.27. The van der Waals surface area contributed by atoms with Crippen molar-refractivity contribution in [2.75, 3.05) is 24.8 Å². The summed E-state index contributed by atoms with van der Waals surface area (Å²) in [6, 6.07) is 8.75. The van der Waals surface area contributed by atoms with Gasteiger partial charge in [-0.25, -0.2) is 0 Å². The molecule has 0 bridgehead atoms.